The number of amides is 8. The van der Waals surface area contributed by atoms with Gasteiger partial charge in [-0.05, 0) is 147 Å². The van der Waals surface area contributed by atoms with E-state index in [1.54, 1.807) is 75.2 Å². The number of fused-ring (bicyclic) bond motifs is 6. The maximum absolute atomic E-state index is 15.6. The van der Waals surface area contributed by atoms with Crippen molar-refractivity contribution in [2.24, 2.45) is 17.4 Å². The summed E-state index contributed by atoms with van der Waals surface area (Å²) in [6.45, 7) is 13.7. The van der Waals surface area contributed by atoms with Crippen molar-refractivity contribution in [3.63, 3.8) is 0 Å². The van der Waals surface area contributed by atoms with E-state index >= 15 is 4.39 Å². The third-order valence-corrected chi connectivity index (χ3v) is 24.5. The van der Waals surface area contributed by atoms with Gasteiger partial charge in [-0.3, -0.25) is 48.3 Å². The third kappa shape index (κ3) is 24.9. The summed E-state index contributed by atoms with van der Waals surface area (Å²) in [5.74, 6) is -4.49. The maximum atomic E-state index is 15.6. The van der Waals surface area contributed by atoms with Crippen molar-refractivity contribution in [2.75, 3.05) is 167 Å². The summed E-state index contributed by atoms with van der Waals surface area (Å²) in [7, 11) is 0. The number of rotatable bonds is 42. The monoisotopic (exact) mass is 1850 g/mol. The molecule has 2 saturated heterocycles. The topological polar surface area (TPSA) is 487 Å². The molecule has 2 fully saturated rings. The first-order valence-electron chi connectivity index (χ1n) is 44.7. The number of imidazole rings is 1. The number of hydrogen-bond donors (Lipinski definition) is 13. The highest BCUT2D eigenvalue weighted by atomic mass is 35.5. The minimum atomic E-state index is -2.07. The Hall–Kier alpha value is -11.9. The molecule has 4 aliphatic heterocycles. The second-order valence-corrected chi connectivity index (χ2v) is 34.4. The number of alkyl carbamates (subject to hydrolysis) is 1. The van der Waals surface area contributed by atoms with Crippen LogP contribution in [0.1, 0.15) is 116 Å². The quantitative estimate of drug-likeness (QED) is 0.0157. The average molecular weight is 1850 g/mol. The normalized spacial score (nSPS) is 16.9. The van der Waals surface area contributed by atoms with Gasteiger partial charge in [0, 0.05) is 136 Å². The second-order valence-electron chi connectivity index (χ2n) is 34.0. The van der Waals surface area contributed by atoms with Crippen molar-refractivity contribution in [2.45, 2.75) is 136 Å². The van der Waals surface area contributed by atoms with E-state index in [4.69, 9.17) is 66.4 Å². The second kappa shape index (κ2) is 45.5. The zero-order valence-electron chi connectivity index (χ0n) is 74.7. The number of halogens is 3. The summed E-state index contributed by atoms with van der Waals surface area (Å²) in [6.07, 6.45) is 3.52. The standard InChI is InChI=1S/C92H116ClF2N19O18/c1-6-92(126)66-44-73-82-64(47-114(73)88(122)65(66)52-131-89(92)123)79-69(16-14-62-55(5)67(95)45-72(104-82)78(62)79)108-91(125)132-51-56-9-12-61(13-10-56)103-86(120)70(8-7-20-101-90(97)124)107-87(121)81(53(2)3)109-76(117)49-111-27-26-110(28-30-112(31-29-111)50-77(118)119)48-75(116)99-23-33-128-35-37-130-39-38-129-36-34-127-32-19-74(115)98-21-22-100-84-80(85-105-68-15-11-58(93)43-71(68)106-85)83(113-24-17-60(96)18-25-113)63(46-102-84)57-40-54(4)41-59(94)42-57/h9-13,15,40-46,53,60,69-70,81,126H,6-8,14,16-39,47-52,96H2,1-5H3,(H,98,115)(H,99,116)(H,100,102)(H,103,120)(H,105,106)(H,107,121)(H,108,125)(H,109,117)(H,118,119)(H3,97,101,124)/t69-,70-,81-,92-/m0/s1. The van der Waals surface area contributed by atoms with E-state index in [0.717, 1.165) is 40.7 Å². The van der Waals surface area contributed by atoms with Crippen LogP contribution in [0.5, 0.6) is 0 Å². The van der Waals surface area contributed by atoms with Crippen LogP contribution < -0.4 is 64.5 Å². The van der Waals surface area contributed by atoms with Crippen LogP contribution in [-0.4, -0.2) is 272 Å². The molecule has 708 valence electrons. The molecular weight excluding hydrogens is 1730 g/mol. The number of piperidine rings is 1. The van der Waals surface area contributed by atoms with E-state index in [-0.39, 0.29) is 172 Å². The van der Waals surface area contributed by atoms with Crippen LogP contribution in [0.4, 0.5) is 35.6 Å². The van der Waals surface area contributed by atoms with Gasteiger partial charge in [-0.1, -0.05) is 50.6 Å². The molecule has 132 heavy (non-hydrogen) atoms. The van der Waals surface area contributed by atoms with Gasteiger partial charge in [0.15, 0.2) is 5.60 Å². The Morgan fingerprint density at radius 2 is 1.39 bits per heavy atom. The Morgan fingerprint density at radius 3 is 2.07 bits per heavy atom. The van der Waals surface area contributed by atoms with Crippen LogP contribution in [0.2, 0.25) is 5.02 Å². The van der Waals surface area contributed by atoms with E-state index < -0.39 is 82.8 Å². The number of benzene rings is 4. The van der Waals surface area contributed by atoms with Gasteiger partial charge in [-0.2, -0.15) is 0 Å². The predicted molar refractivity (Wildman–Crippen MR) is 487 cm³/mol. The van der Waals surface area contributed by atoms with Gasteiger partial charge in [-0.15, -0.1) is 0 Å². The third-order valence-electron chi connectivity index (χ3n) is 24.3. The molecule has 4 atom stereocenters. The Morgan fingerprint density at radius 1 is 0.720 bits per heavy atom. The maximum Gasteiger partial charge on any atom is 0.407 e. The number of carbonyl (C=O) groups excluding carboxylic acids is 8. The zero-order chi connectivity index (χ0) is 93.9. The lowest BCUT2D eigenvalue weighted by atomic mass is 9.81. The number of H-pyrrole nitrogens is 1. The smallest absolute Gasteiger partial charge is 0.407 e. The summed E-state index contributed by atoms with van der Waals surface area (Å²) in [6, 6.07) is 15.9. The molecule has 40 heteroatoms. The number of esters is 1. The van der Waals surface area contributed by atoms with Crippen molar-refractivity contribution in [1.82, 2.24) is 71.1 Å². The van der Waals surface area contributed by atoms with E-state index in [2.05, 4.69) is 52.4 Å². The predicted octanol–water partition coefficient (Wildman–Crippen LogP) is 5.89. The van der Waals surface area contributed by atoms with Crippen molar-refractivity contribution in [3.8, 4) is 33.9 Å². The molecule has 4 aromatic carbocycles. The van der Waals surface area contributed by atoms with Crippen LogP contribution in [-0.2, 0) is 93.8 Å². The van der Waals surface area contributed by atoms with Crippen LogP contribution in [0.15, 0.2) is 83.8 Å². The van der Waals surface area contributed by atoms with Crippen LogP contribution in [0.25, 0.3) is 55.8 Å². The number of nitrogens with two attached hydrogens (primary N) is 2. The number of pyridine rings is 3. The minimum absolute atomic E-state index is 0.0281. The van der Waals surface area contributed by atoms with Gasteiger partial charge < -0.3 is 107 Å². The molecule has 0 bridgehead atoms. The highest BCUT2D eigenvalue weighted by Crippen LogP contribution is 2.48. The number of aromatic nitrogens is 5. The number of aliphatic carboxylic acids is 1. The van der Waals surface area contributed by atoms with E-state index in [9.17, 15) is 62.5 Å². The largest absolute Gasteiger partial charge is 0.480 e. The number of carboxylic acids is 1. The molecule has 8 amide bonds. The molecule has 4 aromatic heterocycles. The van der Waals surface area contributed by atoms with Gasteiger partial charge >= 0.3 is 24.1 Å². The Labute approximate surface area is 766 Å². The molecule has 0 spiro atoms. The molecular formula is C92H116ClF2N19O18. The van der Waals surface area contributed by atoms with E-state index in [1.165, 1.54) is 22.8 Å². The molecule has 5 aliphatic rings. The first-order valence-corrected chi connectivity index (χ1v) is 45.1. The number of aryl methyl sites for hydroxylation is 2. The number of nitrogens with zero attached hydrogens (tertiary/aromatic N) is 8. The number of carboxylic acid groups (broad SMARTS) is 1. The number of anilines is 3. The lowest BCUT2D eigenvalue weighted by Crippen LogP contribution is -2.56. The molecule has 15 N–H and O–H groups in total. The Balaban J connectivity index is 0.507. The molecule has 13 rings (SSSR count). The van der Waals surface area contributed by atoms with Crippen molar-refractivity contribution < 1.29 is 90.6 Å². The number of nitrogens with one attached hydrogen (secondary N) is 9. The van der Waals surface area contributed by atoms with Gasteiger partial charge in [0.05, 0.1) is 130 Å². The molecule has 8 heterocycles. The molecule has 0 saturated carbocycles. The van der Waals surface area contributed by atoms with Crippen molar-refractivity contribution in [1.29, 1.82) is 0 Å². The van der Waals surface area contributed by atoms with Gasteiger partial charge in [0.25, 0.3) is 5.56 Å². The summed E-state index contributed by atoms with van der Waals surface area (Å²) < 4.78 is 65.7. The average Bonchev–Trinajstić information content (AvgIpc) is 1.53. The van der Waals surface area contributed by atoms with Gasteiger partial charge in [0.2, 0.25) is 29.5 Å². The van der Waals surface area contributed by atoms with Crippen LogP contribution in [0, 0.1) is 31.4 Å². The number of urea groups is 1. The number of hydrogen-bond acceptors (Lipinski definition) is 26. The summed E-state index contributed by atoms with van der Waals surface area (Å²) >= 11 is 6.39. The van der Waals surface area contributed by atoms with Gasteiger partial charge in [0.1, 0.15) is 48.6 Å². The lowest BCUT2D eigenvalue weighted by molar-refractivity contribution is -0.172. The number of ether oxygens (including phenoxy) is 6. The first-order chi connectivity index (χ1) is 63.5. The minimum Gasteiger partial charge on any atom is -0.480 e. The molecule has 1 aliphatic carbocycles. The Kier molecular flexibility index (Phi) is 33.6. The number of cyclic esters (lactones) is 1. The number of aromatic amines is 1. The molecule has 37 nitrogen and oxygen atoms in total. The van der Waals surface area contributed by atoms with Crippen LogP contribution >= 0.6 is 11.6 Å². The highest BCUT2D eigenvalue weighted by Gasteiger charge is 2.47. The molecule has 0 radical (unpaired) electrons. The highest BCUT2D eigenvalue weighted by molar-refractivity contribution is 6.31. The van der Waals surface area contributed by atoms with E-state index in [1.807, 2.05) is 34.9 Å². The van der Waals surface area contributed by atoms with Crippen LogP contribution in [0.3, 0.4) is 0 Å². The number of aliphatic hydroxyl groups is 1. The fraction of sp³-hybridized carbons (Fsp3) is 0.489. The van der Waals surface area contributed by atoms with E-state index in [0.29, 0.717) is 155 Å². The number of carbonyl (C=O) groups is 9. The first kappa shape index (κ1) is 97.6. The Bertz CT molecular complexity index is 5580. The lowest BCUT2D eigenvalue weighted by Gasteiger charge is -2.35. The summed E-state index contributed by atoms with van der Waals surface area (Å²) in [4.78, 5) is 159. The fourth-order valence-electron chi connectivity index (χ4n) is 17.2. The molecule has 0 unspecified atom stereocenters. The van der Waals surface area contributed by atoms with Crippen molar-refractivity contribution in [3.05, 3.63) is 151 Å². The summed E-state index contributed by atoms with van der Waals surface area (Å²) in [5, 5.41) is 45.6. The fourth-order valence-corrected chi connectivity index (χ4v) is 17.4. The SMILES string of the molecule is CC[C@@]1(O)C(=O)OCc2c1cc1n(c2=O)Cc2c-1nc1cc(F)c(C)c3c1c2[C@@H](NC(=O)OCc1ccc(NC(=O)[C@H](CCCNC(N)=O)NC(=O)[C@@H](NC(=O)CN2CCN(CC(=O)O)CCN(CC(=O)NCCOCCOCCOCCOCCC(=O)NCCNc4ncc(-c5cc(C)cc(F)c5)c(N5CCC(N)CC5)c4-c4nc5ccc(Cl)cc5[nH]4)CC2)C(C)C)cc1)CC3. The zero-order valence-corrected chi connectivity index (χ0v) is 75.5. The molecule has 8 aromatic rings. The van der Waals surface area contributed by atoms with Gasteiger partial charge in [-0.25, -0.2) is 38.1 Å². The van der Waals surface area contributed by atoms with Crippen molar-refractivity contribution >= 4 is 104 Å². The summed E-state index contributed by atoms with van der Waals surface area (Å²) in [5.41, 5.74) is 18.8. The number of primary amides is 1.